The van der Waals surface area contributed by atoms with Gasteiger partial charge in [-0.1, -0.05) is 48.9 Å². The van der Waals surface area contributed by atoms with Gasteiger partial charge in [-0.15, -0.1) is 0 Å². The van der Waals surface area contributed by atoms with Gasteiger partial charge in [0.2, 0.25) is 0 Å². The normalized spacial score (nSPS) is 21.0. The molecule has 0 saturated carbocycles. The first kappa shape index (κ1) is 23.0. The molecule has 2 aliphatic carbocycles. The molecule has 0 radical (unpaired) electrons. The predicted octanol–water partition coefficient (Wildman–Crippen LogP) is 5.26. The second-order valence-corrected chi connectivity index (χ2v) is 8.90. The van der Waals surface area contributed by atoms with Gasteiger partial charge in [0, 0.05) is 5.92 Å². The molecule has 6 nitrogen and oxygen atoms in total. The van der Waals surface area contributed by atoms with Crippen molar-refractivity contribution in [3.63, 3.8) is 0 Å². The van der Waals surface area contributed by atoms with Crippen molar-refractivity contribution in [2.75, 3.05) is 7.11 Å². The fourth-order valence-electron chi connectivity index (χ4n) is 5.08. The topological polar surface area (TPSA) is 116 Å². The second kappa shape index (κ2) is 9.34. The Morgan fingerprint density at radius 2 is 1.79 bits per heavy atom. The van der Waals surface area contributed by atoms with E-state index in [1.165, 1.54) is 0 Å². The lowest BCUT2D eigenvalue weighted by Gasteiger charge is -2.41. The van der Waals surface area contributed by atoms with Crippen LogP contribution >= 0.6 is 0 Å². The summed E-state index contributed by atoms with van der Waals surface area (Å²) in [6.07, 6.45) is 2.35. The molecule has 6 heteroatoms. The lowest BCUT2D eigenvalue weighted by molar-refractivity contribution is 0.284. The van der Waals surface area contributed by atoms with E-state index >= 15 is 0 Å². The van der Waals surface area contributed by atoms with Crippen molar-refractivity contribution in [2.45, 2.75) is 38.7 Å². The van der Waals surface area contributed by atoms with E-state index in [4.69, 9.17) is 15.2 Å². The Labute approximate surface area is 200 Å². The number of rotatable bonds is 5. The summed E-state index contributed by atoms with van der Waals surface area (Å²) < 4.78 is 11.6. The molecular weight excluding hydrogens is 424 g/mol. The van der Waals surface area contributed by atoms with Crippen LogP contribution in [0, 0.1) is 45.3 Å². The van der Waals surface area contributed by atoms with Gasteiger partial charge in [0.1, 0.15) is 12.7 Å². The Morgan fingerprint density at radius 3 is 2.44 bits per heavy atom. The first-order valence-corrected chi connectivity index (χ1v) is 11.3. The van der Waals surface area contributed by atoms with Gasteiger partial charge >= 0.3 is 0 Å². The van der Waals surface area contributed by atoms with Crippen LogP contribution in [-0.2, 0) is 6.61 Å². The van der Waals surface area contributed by atoms with Crippen molar-refractivity contribution < 1.29 is 9.47 Å². The third-order valence-electron chi connectivity index (χ3n) is 6.84. The standard InChI is InChI=1S/C28H26N4O2/c1-18-8-10-21-22(12-18)26(28(16-30,17-31)27(32)23(21)14-29)20-9-11-24(25(13-20)33-2)34-15-19-6-4-3-5-7-19/h3-7,9,11,13,18,26H,8,10,12,15,32H2,1-2H3/t18-,26-/m0/s1. The Kier molecular flexibility index (Phi) is 6.31. The van der Waals surface area contributed by atoms with Crippen LogP contribution in [0.4, 0.5) is 0 Å². The first-order chi connectivity index (χ1) is 16.5. The minimum Gasteiger partial charge on any atom is -0.493 e. The monoisotopic (exact) mass is 450 g/mol. The molecule has 2 atom stereocenters. The minimum absolute atomic E-state index is 0.0432. The maximum atomic E-state index is 10.2. The molecular formula is C28H26N4O2. The zero-order valence-electron chi connectivity index (χ0n) is 19.3. The largest absolute Gasteiger partial charge is 0.493 e. The van der Waals surface area contributed by atoms with Crippen LogP contribution < -0.4 is 15.2 Å². The van der Waals surface area contributed by atoms with Gasteiger partial charge in [0.25, 0.3) is 0 Å². The van der Waals surface area contributed by atoms with Gasteiger partial charge in [-0.2, -0.15) is 15.8 Å². The van der Waals surface area contributed by atoms with Crippen LogP contribution in [0.5, 0.6) is 11.5 Å². The molecule has 0 spiro atoms. The van der Waals surface area contributed by atoms with E-state index in [1.807, 2.05) is 48.5 Å². The van der Waals surface area contributed by atoms with Crippen molar-refractivity contribution in [2.24, 2.45) is 17.1 Å². The van der Waals surface area contributed by atoms with Gasteiger partial charge in [-0.05, 0) is 54.0 Å². The van der Waals surface area contributed by atoms with E-state index < -0.39 is 11.3 Å². The van der Waals surface area contributed by atoms with Crippen LogP contribution in [0.25, 0.3) is 0 Å². The summed E-state index contributed by atoms with van der Waals surface area (Å²) in [5.74, 6) is 0.871. The van der Waals surface area contributed by atoms with E-state index in [-0.39, 0.29) is 11.3 Å². The van der Waals surface area contributed by atoms with Crippen molar-refractivity contribution in [1.29, 1.82) is 15.8 Å². The van der Waals surface area contributed by atoms with Crippen molar-refractivity contribution in [3.05, 3.63) is 82.1 Å². The number of ether oxygens (including phenoxy) is 2. The van der Waals surface area contributed by atoms with Gasteiger partial charge in [0.15, 0.2) is 16.9 Å². The fraction of sp³-hybridized carbons (Fsp3) is 0.321. The van der Waals surface area contributed by atoms with Crippen LogP contribution in [0.2, 0.25) is 0 Å². The number of nitriles is 3. The Bertz CT molecular complexity index is 1270. The number of benzene rings is 2. The molecule has 0 bridgehead atoms. The molecule has 2 N–H and O–H groups in total. The highest BCUT2D eigenvalue weighted by Gasteiger charge is 2.51. The smallest absolute Gasteiger partial charge is 0.194 e. The lowest BCUT2D eigenvalue weighted by Crippen LogP contribution is -2.39. The SMILES string of the molecule is COc1cc([C@H]2C3=C(CC[C@H](C)C3)C(C#N)=C(N)C2(C#N)C#N)ccc1OCc1ccccc1. The van der Waals surface area contributed by atoms with Crippen molar-refractivity contribution in [3.8, 4) is 29.7 Å². The van der Waals surface area contributed by atoms with E-state index in [1.54, 1.807) is 7.11 Å². The summed E-state index contributed by atoms with van der Waals surface area (Å²) in [6.45, 7) is 2.53. The number of nitrogens with two attached hydrogens (primary N) is 1. The molecule has 0 unspecified atom stereocenters. The molecule has 2 aromatic rings. The molecule has 2 aliphatic rings. The summed E-state index contributed by atoms with van der Waals surface area (Å²) in [6, 6.07) is 21.8. The van der Waals surface area contributed by atoms with Crippen molar-refractivity contribution in [1.82, 2.24) is 0 Å². The van der Waals surface area contributed by atoms with E-state index in [9.17, 15) is 15.8 Å². The highest BCUT2D eigenvalue weighted by Crippen LogP contribution is 2.55. The highest BCUT2D eigenvalue weighted by atomic mass is 16.5. The second-order valence-electron chi connectivity index (χ2n) is 8.90. The van der Waals surface area contributed by atoms with Gasteiger partial charge < -0.3 is 15.2 Å². The summed E-state index contributed by atoms with van der Waals surface area (Å²) >= 11 is 0. The molecule has 4 rings (SSSR count). The first-order valence-electron chi connectivity index (χ1n) is 11.3. The predicted molar refractivity (Wildman–Crippen MR) is 127 cm³/mol. The zero-order chi connectivity index (χ0) is 24.3. The average Bonchev–Trinajstić information content (AvgIpc) is 2.87. The van der Waals surface area contributed by atoms with Crippen LogP contribution in [0.3, 0.4) is 0 Å². The van der Waals surface area contributed by atoms with E-state index in [2.05, 4.69) is 25.1 Å². The Hall–Kier alpha value is -4.21. The molecule has 0 heterocycles. The van der Waals surface area contributed by atoms with E-state index in [0.29, 0.717) is 36.9 Å². The number of methoxy groups -OCH3 is 1. The number of hydrogen-bond acceptors (Lipinski definition) is 6. The number of nitrogens with zero attached hydrogens (tertiary/aromatic N) is 3. The van der Waals surface area contributed by atoms with Gasteiger partial charge in [0.05, 0.1) is 30.5 Å². The molecule has 0 aliphatic heterocycles. The zero-order valence-corrected chi connectivity index (χ0v) is 19.3. The molecule has 2 aromatic carbocycles. The molecule has 0 amide bonds. The Balaban J connectivity index is 1.80. The quantitative estimate of drug-likeness (QED) is 0.664. The highest BCUT2D eigenvalue weighted by molar-refractivity contribution is 5.63. The average molecular weight is 451 g/mol. The van der Waals surface area contributed by atoms with E-state index in [0.717, 1.165) is 28.7 Å². The number of hydrogen-bond donors (Lipinski definition) is 1. The van der Waals surface area contributed by atoms with Crippen LogP contribution in [0.15, 0.2) is 70.9 Å². The Morgan fingerprint density at radius 1 is 1.06 bits per heavy atom. The number of allylic oxidation sites excluding steroid dienone is 4. The van der Waals surface area contributed by atoms with Gasteiger partial charge in [-0.3, -0.25) is 0 Å². The van der Waals surface area contributed by atoms with Crippen LogP contribution in [-0.4, -0.2) is 7.11 Å². The lowest BCUT2D eigenvalue weighted by atomic mass is 9.59. The third-order valence-corrected chi connectivity index (χ3v) is 6.84. The molecule has 0 aromatic heterocycles. The minimum atomic E-state index is -1.67. The summed E-state index contributed by atoms with van der Waals surface area (Å²) in [7, 11) is 1.56. The van der Waals surface area contributed by atoms with Crippen molar-refractivity contribution >= 4 is 0 Å². The molecule has 170 valence electrons. The summed E-state index contributed by atoms with van der Waals surface area (Å²) in [5.41, 5.74) is 8.66. The summed E-state index contributed by atoms with van der Waals surface area (Å²) in [5, 5.41) is 30.3. The van der Waals surface area contributed by atoms with Crippen LogP contribution in [0.1, 0.15) is 43.2 Å². The molecule has 0 fully saturated rings. The molecule has 0 saturated heterocycles. The fourth-order valence-corrected chi connectivity index (χ4v) is 5.08. The summed E-state index contributed by atoms with van der Waals surface area (Å²) in [4.78, 5) is 0. The third kappa shape index (κ3) is 3.76. The molecule has 34 heavy (non-hydrogen) atoms. The maximum Gasteiger partial charge on any atom is 0.194 e. The van der Waals surface area contributed by atoms with Gasteiger partial charge in [-0.25, -0.2) is 0 Å². The maximum absolute atomic E-state index is 10.2.